The van der Waals surface area contributed by atoms with Gasteiger partial charge in [-0.25, -0.2) is 0 Å². The summed E-state index contributed by atoms with van der Waals surface area (Å²) >= 11 is 2.55. The Kier molecular flexibility index (Phi) is 17.6. The molecule has 1 aliphatic rings. The van der Waals surface area contributed by atoms with Crippen molar-refractivity contribution >= 4 is 13.3 Å². The molecule has 0 aliphatic heterocycles. The molecule has 0 bridgehead atoms. The molecule has 5 heteroatoms. The molecule has 192 valence electrons. The van der Waals surface area contributed by atoms with Gasteiger partial charge in [0.1, 0.15) is 0 Å². The summed E-state index contributed by atoms with van der Waals surface area (Å²) < 4.78 is 0.224. The molecule has 34 heavy (non-hydrogen) atoms. The fraction of sp³-hybridized carbons (Fsp3) is 0.655. The van der Waals surface area contributed by atoms with Gasteiger partial charge in [-0.3, -0.25) is 0 Å². The van der Waals surface area contributed by atoms with E-state index in [9.17, 15) is 0 Å². The molecule has 0 amide bonds. The molecule has 0 saturated heterocycles. The predicted molar refractivity (Wildman–Crippen MR) is 139 cm³/mol. The van der Waals surface area contributed by atoms with E-state index < -0.39 is 8.07 Å². The Balaban J connectivity index is 0. The number of benzene rings is 1. The third kappa shape index (κ3) is 8.00. The Morgan fingerprint density at radius 3 is 1.38 bits per heavy atom. The first-order valence-electron chi connectivity index (χ1n) is 12.9. The first kappa shape index (κ1) is 36.7. The Hall–Kier alpha value is 0.501. The standard InChI is InChI=1S/C29H47Si.3ClH.Ti/c1-9-11-13-15-17-26-19-27(18-16-14-12-10-2)21-28(20-26)30(7,8)29-24(5)22(3)23(4)25(29)6;;;;/h19-21H,9-18H2,1-8H3;3*1H;/q;;;;+3/p-3. The van der Waals surface area contributed by atoms with Gasteiger partial charge in [0.15, 0.2) is 0 Å². The molecule has 0 aromatic heterocycles. The van der Waals surface area contributed by atoms with Crippen LogP contribution in [0, 0.1) is 0 Å². The number of hydrogen-bond acceptors (Lipinski definition) is 0. The van der Waals surface area contributed by atoms with E-state index in [1.807, 2.05) is 0 Å². The molecule has 0 radical (unpaired) electrons. The largest absolute Gasteiger partial charge is 1.00 e. The minimum absolute atomic E-state index is 0. The maximum atomic E-state index is 2.63. The maximum absolute atomic E-state index is 2.63. The van der Waals surface area contributed by atoms with Crippen LogP contribution >= 0.6 is 0 Å². The van der Waals surface area contributed by atoms with Gasteiger partial charge in [0.2, 0.25) is 0 Å². The summed E-state index contributed by atoms with van der Waals surface area (Å²) in [5.41, 5.74) is 9.51. The average Bonchev–Trinajstić information content (AvgIpc) is 2.90. The number of rotatable bonds is 12. The molecule has 1 aromatic carbocycles. The summed E-state index contributed by atoms with van der Waals surface area (Å²) in [5, 5.41) is 1.68. The van der Waals surface area contributed by atoms with Gasteiger partial charge in [-0.2, -0.15) is 0 Å². The van der Waals surface area contributed by atoms with Crippen LogP contribution < -0.4 is 42.4 Å². The van der Waals surface area contributed by atoms with Crippen molar-refractivity contribution in [1.82, 2.24) is 0 Å². The van der Waals surface area contributed by atoms with Crippen molar-refractivity contribution in [1.29, 1.82) is 0 Å². The van der Waals surface area contributed by atoms with Gasteiger partial charge in [0.05, 0.1) is 0 Å². The molecule has 0 saturated carbocycles. The minimum atomic E-state index is -1.77. The van der Waals surface area contributed by atoms with Crippen LogP contribution in [0.15, 0.2) is 40.5 Å². The topological polar surface area (TPSA) is 0 Å². The molecule has 0 nitrogen and oxygen atoms in total. The van der Waals surface area contributed by atoms with Crippen molar-refractivity contribution < 1.29 is 57.7 Å². The molecule has 2 rings (SSSR count). The molecule has 0 N–H and O–H groups in total. The monoisotopic (exact) mass is 576 g/mol. The fourth-order valence-electron chi connectivity index (χ4n) is 5.48. The van der Waals surface area contributed by atoms with Crippen molar-refractivity contribution in [3.8, 4) is 0 Å². The van der Waals surface area contributed by atoms with Crippen molar-refractivity contribution in [2.24, 2.45) is 0 Å². The van der Waals surface area contributed by atoms with Crippen LogP contribution in [0.2, 0.25) is 16.4 Å². The van der Waals surface area contributed by atoms with Crippen LogP contribution in [0.4, 0.5) is 0 Å². The Morgan fingerprint density at radius 2 is 1.03 bits per heavy atom. The summed E-state index contributed by atoms with van der Waals surface area (Å²) in [4.78, 5) is 0. The van der Waals surface area contributed by atoms with E-state index in [-0.39, 0.29) is 40.6 Å². The van der Waals surface area contributed by atoms with Gasteiger partial charge in [0, 0.05) is 0 Å². The Labute approximate surface area is 243 Å². The summed E-state index contributed by atoms with van der Waals surface area (Å²) in [6.45, 7) is 19.4. The van der Waals surface area contributed by atoms with Gasteiger partial charge < -0.3 is 37.2 Å². The molecular formula is C29H47Cl3SiTi. The third-order valence-corrected chi connectivity index (χ3v) is 16.6. The summed E-state index contributed by atoms with van der Waals surface area (Å²) in [6.07, 6.45) is 13.3. The summed E-state index contributed by atoms with van der Waals surface area (Å²) in [6, 6.07) is 7.77. The maximum Gasteiger partial charge on any atom is -1.00 e. The van der Waals surface area contributed by atoms with Gasteiger partial charge >= 0.3 is 208 Å². The van der Waals surface area contributed by atoms with Crippen LogP contribution in [-0.4, -0.2) is 8.07 Å². The van der Waals surface area contributed by atoms with E-state index in [2.05, 4.69) is 93.3 Å². The SMILES string of the molecule is CCCCCCc1cc(CCCCCC)cc([Si](C)(C)[C]2([Ti+3])C(C)=C(C)C(C)=C2C)c1.[Cl-].[Cl-].[Cl-]. The van der Waals surface area contributed by atoms with E-state index in [4.69, 9.17) is 0 Å². The normalized spacial score (nSPS) is 15.1. The molecule has 0 atom stereocenters. The van der Waals surface area contributed by atoms with Crippen molar-refractivity contribution in [2.45, 2.75) is 122 Å². The van der Waals surface area contributed by atoms with Crippen molar-refractivity contribution in [2.75, 3.05) is 0 Å². The zero-order chi connectivity index (χ0) is 23.2. The summed E-state index contributed by atoms with van der Waals surface area (Å²) in [5.74, 6) is 0. The molecule has 0 unspecified atom stereocenters. The van der Waals surface area contributed by atoms with Gasteiger partial charge in [-0.1, -0.05) is 0 Å². The van der Waals surface area contributed by atoms with Gasteiger partial charge in [-0.15, -0.1) is 0 Å². The minimum Gasteiger partial charge on any atom is -1.00 e. The number of unbranched alkanes of at least 4 members (excludes halogenated alkanes) is 6. The number of aryl methyl sites for hydroxylation is 2. The molecule has 0 heterocycles. The molecule has 0 fully saturated rings. The van der Waals surface area contributed by atoms with Gasteiger partial charge in [0.25, 0.3) is 0 Å². The van der Waals surface area contributed by atoms with Gasteiger partial charge in [-0.05, 0) is 0 Å². The van der Waals surface area contributed by atoms with Crippen LogP contribution in [-0.2, 0) is 33.3 Å². The van der Waals surface area contributed by atoms with E-state index in [0.29, 0.717) is 0 Å². The van der Waals surface area contributed by atoms with E-state index in [1.165, 1.54) is 75.4 Å². The Morgan fingerprint density at radius 1 is 0.647 bits per heavy atom. The van der Waals surface area contributed by atoms with Crippen molar-refractivity contribution in [3.05, 3.63) is 51.6 Å². The molecular weight excluding hydrogens is 531 g/mol. The van der Waals surface area contributed by atoms with E-state index >= 15 is 0 Å². The van der Waals surface area contributed by atoms with E-state index in [0.717, 1.165) is 0 Å². The van der Waals surface area contributed by atoms with Crippen LogP contribution in [0.3, 0.4) is 0 Å². The molecule has 1 aliphatic carbocycles. The van der Waals surface area contributed by atoms with Crippen LogP contribution in [0.1, 0.15) is 104 Å². The molecule has 0 spiro atoms. The number of allylic oxidation sites excluding steroid dienone is 4. The van der Waals surface area contributed by atoms with E-state index in [1.54, 1.807) is 27.5 Å². The third-order valence-electron chi connectivity index (χ3n) is 8.16. The van der Waals surface area contributed by atoms with Crippen LogP contribution in [0.5, 0.6) is 0 Å². The number of hydrogen-bond donors (Lipinski definition) is 0. The average molecular weight is 578 g/mol. The number of halogens is 3. The fourth-order valence-corrected chi connectivity index (χ4v) is 10.5. The first-order valence-corrected chi connectivity index (χ1v) is 16.6. The van der Waals surface area contributed by atoms with Crippen LogP contribution in [0.25, 0.3) is 0 Å². The molecule has 1 aromatic rings. The first-order chi connectivity index (χ1) is 14.6. The zero-order valence-corrected chi connectivity index (χ0v) is 27.8. The summed E-state index contributed by atoms with van der Waals surface area (Å²) in [7, 11) is -1.77. The predicted octanol–water partition coefficient (Wildman–Crippen LogP) is -0.209. The zero-order valence-electron chi connectivity index (χ0n) is 22.9. The van der Waals surface area contributed by atoms with Crippen molar-refractivity contribution in [3.63, 3.8) is 0 Å². The Bertz CT molecular complexity index is 772. The quantitative estimate of drug-likeness (QED) is 0.238. The second-order valence-corrected chi connectivity index (χ2v) is 17.1. The smallest absolute Gasteiger partial charge is 1.00 e. The second-order valence-electron chi connectivity index (χ2n) is 10.5. The second kappa shape index (κ2) is 16.4.